The zero-order valence-electron chi connectivity index (χ0n) is 14.8. The third kappa shape index (κ3) is 4.39. The molecule has 0 aliphatic heterocycles. The number of carbonyl (C=O) groups excluding carboxylic acids is 1. The number of carboxylic acid groups (broad SMARTS) is 1. The molecule has 1 fully saturated rings. The summed E-state index contributed by atoms with van der Waals surface area (Å²) in [7, 11) is 1.49. The van der Waals surface area contributed by atoms with Crippen molar-refractivity contribution >= 4 is 29.3 Å². The van der Waals surface area contributed by atoms with Crippen molar-refractivity contribution in [3.05, 3.63) is 29.8 Å². The highest BCUT2D eigenvalue weighted by atomic mass is 16.4. The molecule has 2 heterocycles. The molecule has 0 aromatic carbocycles. The van der Waals surface area contributed by atoms with Crippen molar-refractivity contribution in [2.24, 2.45) is 0 Å². The molecule has 2 aromatic heterocycles. The molecule has 2 aromatic rings. The molecule has 0 radical (unpaired) electrons. The Hall–Kier alpha value is -4.01. The Labute approximate surface area is 159 Å². The molecule has 0 bridgehead atoms. The molecule has 0 unspecified atom stereocenters. The second kappa shape index (κ2) is 8.12. The normalized spacial score (nSPS) is 17.6. The van der Waals surface area contributed by atoms with Crippen LogP contribution in [0.4, 0.5) is 22.1 Å². The number of hydrogen-bond donors (Lipinski definition) is 5. The number of aromatic nitrogens is 4. The fourth-order valence-corrected chi connectivity index (χ4v) is 2.68. The molecular weight excluding hydrogens is 366 g/mol. The van der Waals surface area contributed by atoms with Crippen LogP contribution in [0.3, 0.4) is 0 Å². The Kier molecular flexibility index (Phi) is 5.45. The van der Waals surface area contributed by atoms with Crippen molar-refractivity contribution in [3.8, 4) is 6.07 Å². The van der Waals surface area contributed by atoms with Gasteiger partial charge in [0.15, 0.2) is 17.2 Å². The van der Waals surface area contributed by atoms with E-state index in [2.05, 4.69) is 41.4 Å². The quantitative estimate of drug-likeness (QED) is 0.470. The molecule has 3 rings (SSSR count). The van der Waals surface area contributed by atoms with Gasteiger partial charge in [0.1, 0.15) is 11.9 Å². The summed E-state index contributed by atoms with van der Waals surface area (Å²) < 4.78 is 0. The minimum absolute atomic E-state index is 0.00740. The van der Waals surface area contributed by atoms with Crippen molar-refractivity contribution in [3.63, 3.8) is 0 Å². The third-order valence-corrected chi connectivity index (χ3v) is 4.08. The van der Waals surface area contributed by atoms with E-state index in [4.69, 9.17) is 10.4 Å². The van der Waals surface area contributed by atoms with E-state index in [0.29, 0.717) is 30.2 Å². The fraction of sp³-hybridized carbons (Fsp3) is 0.312. The van der Waals surface area contributed by atoms with Crippen LogP contribution in [-0.2, 0) is 0 Å². The maximum atomic E-state index is 12.1. The van der Waals surface area contributed by atoms with Gasteiger partial charge < -0.3 is 26.4 Å². The summed E-state index contributed by atoms with van der Waals surface area (Å²) in [5.74, 6) is 0.286. The highest BCUT2D eigenvalue weighted by molar-refractivity contribution is 5.97. The van der Waals surface area contributed by atoms with Gasteiger partial charge >= 0.3 is 6.09 Å². The van der Waals surface area contributed by atoms with Crippen molar-refractivity contribution in [1.29, 1.82) is 5.26 Å². The Bertz CT molecular complexity index is 920. The SMILES string of the molecule is CNC(=O)c1nnc(Nc2cnc(C#N)cn2)cc1NC1CC(NC(=O)O)C1. The van der Waals surface area contributed by atoms with E-state index in [1.165, 1.54) is 19.4 Å². The molecule has 28 heavy (non-hydrogen) atoms. The van der Waals surface area contributed by atoms with Crippen LogP contribution in [0.2, 0.25) is 0 Å². The van der Waals surface area contributed by atoms with Crippen molar-refractivity contribution in [1.82, 2.24) is 30.8 Å². The number of nitrogens with zero attached hydrogens (tertiary/aromatic N) is 5. The Morgan fingerprint density at radius 2 is 1.96 bits per heavy atom. The summed E-state index contributed by atoms with van der Waals surface area (Å²) >= 11 is 0. The van der Waals surface area contributed by atoms with Crippen LogP contribution in [0.1, 0.15) is 29.0 Å². The number of rotatable bonds is 6. The van der Waals surface area contributed by atoms with Gasteiger partial charge in [0.05, 0.1) is 18.1 Å². The van der Waals surface area contributed by atoms with Crippen molar-refractivity contribution in [2.45, 2.75) is 24.9 Å². The monoisotopic (exact) mass is 383 g/mol. The zero-order valence-corrected chi connectivity index (χ0v) is 14.8. The van der Waals surface area contributed by atoms with Gasteiger partial charge in [-0.25, -0.2) is 14.8 Å². The molecule has 0 atom stereocenters. The number of carbonyl (C=O) groups is 2. The molecule has 5 N–H and O–H groups in total. The van der Waals surface area contributed by atoms with Crippen LogP contribution >= 0.6 is 0 Å². The van der Waals surface area contributed by atoms with Crippen LogP contribution in [0.15, 0.2) is 18.5 Å². The summed E-state index contributed by atoms with van der Waals surface area (Å²) in [4.78, 5) is 30.7. The van der Waals surface area contributed by atoms with Crippen LogP contribution < -0.4 is 21.3 Å². The van der Waals surface area contributed by atoms with Gasteiger partial charge in [-0.2, -0.15) is 5.26 Å². The molecule has 12 heteroatoms. The predicted octanol–water partition coefficient (Wildman–Crippen LogP) is 0.452. The lowest BCUT2D eigenvalue weighted by Crippen LogP contribution is -2.49. The Morgan fingerprint density at radius 1 is 1.18 bits per heavy atom. The minimum Gasteiger partial charge on any atom is -0.465 e. The van der Waals surface area contributed by atoms with E-state index in [-0.39, 0.29) is 23.5 Å². The maximum Gasteiger partial charge on any atom is 0.404 e. The number of anilines is 3. The number of hydrogen-bond acceptors (Lipinski definition) is 9. The lowest BCUT2D eigenvalue weighted by molar-refractivity contribution is 0.0958. The molecule has 1 aliphatic carbocycles. The summed E-state index contributed by atoms with van der Waals surface area (Å²) in [6.07, 6.45) is 2.82. The molecule has 144 valence electrons. The first-order valence-corrected chi connectivity index (χ1v) is 8.33. The molecule has 0 spiro atoms. The lowest BCUT2D eigenvalue weighted by Gasteiger charge is -2.36. The second-order valence-electron chi connectivity index (χ2n) is 6.05. The van der Waals surface area contributed by atoms with Gasteiger partial charge in [0.25, 0.3) is 5.91 Å². The molecular formula is C16H17N9O3. The highest BCUT2D eigenvalue weighted by Gasteiger charge is 2.31. The smallest absolute Gasteiger partial charge is 0.404 e. The van der Waals surface area contributed by atoms with Crippen LogP contribution in [-0.4, -0.2) is 56.4 Å². The van der Waals surface area contributed by atoms with Crippen LogP contribution in [0.25, 0.3) is 0 Å². The van der Waals surface area contributed by atoms with E-state index in [1.807, 2.05) is 6.07 Å². The van der Waals surface area contributed by atoms with Crippen molar-refractivity contribution < 1.29 is 14.7 Å². The fourth-order valence-electron chi connectivity index (χ4n) is 2.68. The first-order chi connectivity index (χ1) is 13.5. The zero-order chi connectivity index (χ0) is 20.1. The average Bonchev–Trinajstić information content (AvgIpc) is 2.66. The van der Waals surface area contributed by atoms with Gasteiger partial charge in [-0.05, 0) is 12.8 Å². The first-order valence-electron chi connectivity index (χ1n) is 8.33. The van der Waals surface area contributed by atoms with Gasteiger partial charge in [-0.3, -0.25) is 4.79 Å². The van der Waals surface area contributed by atoms with E-state index in [1.54, 1.807) is 6.07 Å². The summed E-state index contributed by atoms with van der Waals surface area (Å²) in [6.45, 7) is 0. The third-order valence-electron chi connectivity index (χ3n) is 4.08. The van der Waals surface area contributed by atoms with Crippen molar-refractivity contribution in [2.75, 3.05) is 17.7 Å². The minimum atomic E-state index is -1.06. The van der Waals surface area contributed by atoms with E-state index < -0.39 is 12.0 Å². The topological polar surface area (TPSA) is 178 Å². The summed E-state index contributed by atoms with van der Waals surface area (Å²) in [6, 6.07) is 3.35. The van der Waals surface area contributed by atoms with Gasteiger partial charge in [-0.1, -0.05) is 0 Å². The largest absolute Gasteiger partial charge is 0.465 e. The Morgan fingerprint density at radius 3 is 2.57 bits per heavy atom. The highest BCUT2D eigenvalue weighted by Crippen LogP contribution is 2.27. The van der Waals surface area contributed by atoms with E-state index in [0.717, 1.165) is 0 Å². The van der Waals surface area contributed by atoms with E-state index in [9.17, 15) is 9.59 Å². The second-order valence-corrected chi connectivity index (χ2v) is 6.05. The first kappa shape index (κ1) is 18.8. The Balaban J connectivity index is 1.74. The van der Waals surface area contributed by atoms with Crippen LogP contribution in [0, 0.1) is 11.3 Å². The van der Waals surface area contributed by atoms with E-state index >= 15 is 0 Å². The number of nitrogens with one attached hydrogen (secondary N) is 4. The van der Waals surface area contributed by atoms with Gasteiger partial charge in [0.2, 0.25) is 0 Å². The van der Waals surface area contributed by atoms with Gasteiger partial charge in [0, 0.05) is 25.2 Å². The molecule has 2 amide bonds. The number of amides is 2. The molecule has 12 nitrogen and oxygen atoms in total. The predicted molar refractivity (Wildman–Crippen MR) is 97.0 cm³/mol. The molecule has 1 saturated carbocycles. The lowest BCUT2D eigenvalue weighted by atomic mass is 9.86. The molecule has 0 saturated heterocycles. The van der Waals surface area contributed by atoms with Crippen LogP contribution in [0.5, 0.6) is 0 Å². The summed E-state index contributed by atoms with van der Waals surface area (Å²) in [5, 5.41) is 36.5. The van der Waals surface area contributed by atoms with Gasteiger partial charge in [-0.15, -0.1) is 10.2 Å². The summed E-state index contributed by atoms with van der Waals surface area (Å²) in [5.41, 5.74) is 0.759. The molecule has 1 aliphatic rings. The number of nitriles is 1. The standard InChI is InChI=1S/C16H17N9O3/c1-18-15(26)14-11(21-8-2-9(3-8)22-16(27)28)4-12(24-25-14)23-13-7-19-10(5-17)6-20-13/h4,6-9,22H,2-3H2,1H3,(H,18,26)(H,27,28)(H2,20,21,23,24). The average molecular weight is 383 g/mol. The maximum absolute atomic E-state index is 12.1.